The van der Waals surface area contributed by atoms with Gasteiger partial charge in [-0.1, -0.05) is 0 Å². The Kier molecular flexibility index (Phi) is 4.38. The SMILES string of the molecule is COC(=O)Cn1ccc2cc(N(C)OS(=O)O)ccc21. The smallest absolute Gasteiger partial charge is 0.325 e. The van der Waals surface area contributed by atoms with Gasteiger partial charge in [0.05, 0.1) is 12.8 Å². The maximum absolute atomic E-state index is 11.3. The van der Waals surface area contributed by atoms with Crippen LogP contribution >= 0.6 is 0 Å². The molecule has 0 amide bonds. The predicted octanol–water partition coefficient (Wildman–Crippen LogP) is 1.32. The number of fused-ring (bicyclic) bond motifs is 1. The van der Waals surface area contributed by atoms with Crippen LogP contribution in [-0.2, 0) is 31.7 Å². The summed E-state index contributed by atoms with van der Waals surface area (Å²) in [6.07, 6.45) is 1.77. The van der Waals surface area contributed by atoms with Crippen LogP contribution in [0.1, 0.15) is 0 Å². The van der Waals surface area contributed by atoms with Gasteiger partial charge < -0.3 is 9.30 Å². The molecule has 1 aromatic carbocycles. The number of aromatic nitrogens is 1. The zero-order valence-corrected chi connectivity index (χ0v) is 11.8. The fourth-order valence-electron chi connectivity index (χ4n) is 1.86. The van der Waals surface area contributed by atoms with Crippen LogP contribution in [0, 0.1) is 0 Å². The Morgan fingerprint density at radius 3 is 2.85 bits per heavy atom. The van der Waals surface area contributed by atoms with Crippen LogP contribution in [0.3, 0.4) is 0 Å². The lowest BCUT2D eigenvalue weighted by Crippen LogP contribution is -2.18. The number of hydroxylamine groups is 1. The molecule has 0 fully saturated rings. The van der Waals surface area contributed by atoms with Gasteiger partial charge in [-0.2, -0.15) is 4.21 Å². The highest BCUT2D eigenvalue weighted by molar-refractivity contribution is 7.74. The van der Waals surface area contributed by atoms with Crippen molar-refractivity contribution in [2.45, 2.75) is 6.54 Å². The average molecular weight is 298 g/mol. The van der Waals surface area contributed by atoms with Gasteiger partial charge in [0.25, 0.3) is 0 Å². The topological polar surface area (TPSA) is 81.0 Å². The van der Waals surface area contributed by atoms with Crippen LogP contribution in [-0.4, -0.2) is 33.5 Å². The maximum Gasteiger partial charge on any atom is 0.325 e. The molecule has 7 nitrogen and oxygen atoms in total. The van der Waals surface area contributed by atoms with E-state index in [9.17, 15) is 9.00 Å². The van der Waals surface area contributed by atoms with Gasteiger partial charge in [-0.05, 0) is 24.3 Å². The zero-order valence-electron chi connectivity index (χ0n) is 11.0. The molecule has 0 radical (unpaired) electrons. The summed E-state index contributed by atoms with van der Waals surface area (Å²) in [5.74, 6) is -0.331. The van der Waals surface area contributed by atoms with Gasteiger partial charge in [-0.25, -0.2) is 5.06 Å². The molecule has 0 bridgehead atoms. The monoisotopic (exact) mass is 298 g/mol. The highest BCUT2D eigenvalue weighted by Crippen LogP contribution is 2.23. The van der Waals surface area contributed by atoms with Gasteiger partial charge in [0.15, 0.2) is 0 Å². The molecule has 2 aromatic rings. The minimum Gasteiger partial charge on any atom is -0.468 e. The molecule has 0 saturated carbocycles. The van der Waals surface area contributed by atoms with Gasteiger partial charge in [-0.3, -0.25) is 9.35 Å². The number of carbonyl (C=O) groups is 1. The highest BCUT2D eigenvalue weighted by atomic mass is 32.2. The molecule has 20 heavy (non-hydrogen) atoms. The van der Waals surface area contributed by atoms with E-state index in [0.717, 1.165) is 10.9 Å². The lowest BCUT2D eigenvalue weighted by molar-refractivity contribution is -0.141. The van der Waals surface area contributed by atoms with Gasteiger partial charge >= 0.3 is 17.3 Å². The second-order valence-electron chi connectivity index (χ2n) is 4.05. The summed E-state index contributed by atoms with van der Waals surface area (Å²) in [6.45, 7) is 0.131. The number of anilines is 1. The van der Waals surface area contributed by atoms with Gasteiger partial charge in [0, 0.05) is 24.1 Å². The Morgan fingerprint density at radius 2 is 2.20 bits per heavy atom. The Bertz CT molecular complexity index is 654. The molecular weight excluding hydrogens is 284 g/mol. The summed E-state index contributed by atoms with van der Waals surface area (Å²) >= 11 is -2.37. The van der Waals surface area contributed by atoms with Crippen molar-refractivity contribution in [1.82, 2.24) is 4.57 Å². The number of carbonyl (C=O) groups excluding carboxylic acids is 1. The first-order chi connectivity index (χ1) is 9.51. The van der Waals surface area contributed by atoms with E-state index in [1.807, 2.05) is 6.07 Å². The zero-order chi connectivity index (χ0) is 14.7. The Morgan fingerprint density at radius 1 is 1.45 bits per heavy atom. The molecule has 0 aliphatic carbocycles. The first-order valence-corrected chi connectivity index (χ1v) is 6.73. The van der Waals surface area contributed by atoms with E-state index >= 15 is 0 Å². The molecule has 1 heterocycles. The van der Waals surface area contributed by atoms with Crippen LogP contribution in [0.4, 0.5) is 5.69 Å². The highest BCUT2D eigenvalue weighted by Gasteiger charge is 2.09. The second-order valence-corrected chi connectivity index (χ2v) is 4.64. The molecule has 1 atom stereocenters. The number of nitrogens with zero attached hydrogens (tertiary/aromatic N) is 2. The van der Waals surface area contributed by atoms with Crippen molar-refractivity contribution in [2.75, 3.05) is 19.2 Å². The van der Waals surface area contributed by atoms with Gasteiger partial charge in [0.1, 0.15) is 6.54 Å². The summed E-state index contributed by atoms with van der Waals surface area (Å²) in [6, 6.07) is 7.15. The summed E-state index contributed by atoms with van der Waals surface area (Å²) in [7, 11) is 2.87. The van der Waals surface area contributed by atoms with E-state index in [4.69, 9.17) is 4.55 Å². The predicted molar refractivity (Wildman–Crippen MR) is 74.2 cm³/mol. The number of hydrogen-bond donors (Lipinski definition) is 1. The van der Waals surface area contributed by atoms with E-state index < -0.39 is 11.4 Å². The first kappa shape index (κ1) is 14.5. The minimum absolute atomic E-state index is 0.131. The number of rotatable bonds is 5. The summed E-state index contributed by atoms with van der Waals surface area (Å²) in [4.78, 5) is 11.3. The van der Waals surface area contributed by atoms with E-state index in [-0.39, 0.29) is 12.5 Å². The quantitative estimate of drug-likeness (QED) is 0.509. The van der Waals surface area contributed by atoms with Crippen molar-refractivity contribution in [3.05, 3.63) is 30.5 Å². The number of benzene rings is 1. The normalized spacial score (nSPS) is 12.3. The minimum atomic E-state index is -2.37. The molecule has 2 rings (SSSR count). The number of esters is 1. The van der Waals surface area contributed by atoms with Crippen molar-refractivity contribution in [1.29, 1.82) is 0 Å². The third kappa shape index (κ3) is 3.16. The Balaban J connectivity index is 2.28. The van der Waals surface area contributed by atoms with Crippen LogP contribution < -0.4 is 5.06 Å². The Labute approximate surface area is 118 Å². The van der Waals surface area contributed by atoms with Crippen LogP contribution in [0.15, 0.2) is 30.5 Å². The van der Waals surface area contributed by atoms with E-state index in [0.29, 0.717) is 5.69 Å². The standard InChI is InChI=1S/C12H14N2O5S/c1-13(19-20(16)17)10-3-4-11-9(7-10)5-6-14(11)8-12(15)18-2/h3-7H,8H2,1-2H3,(H,16,17). The molecule has 0 aliphatic rings. The molecule has 1 aromatic heterocycles. The second kappa shape index (κ2) is 6.04. The fraction of sp³-hybridized carbons (Fsp3) is 0.250. The van der Waals surface area contributed by atoms with Crippen molar-refractivity contribution in [2.24, 2.45) is 0 Å². The third-order valence-electron chi connectivity index (χ3n) is 2.82. The molecule has 1 N–H and O–H groups in total. The maximum atomic E-state index is 11.3. The largest absolute Gasteiger partial charge is 0.468 e. The van der Waals surface area contributed by atoms with Crippen molar-refractivity contribution < 1.29 is 22.6 Å². The molecule has 1 unspecified atom stereocenters. The Hall–Kier alpha value is -1.90. The lowest BCUT2D eigenvalue weighted by atomic mass is 10.2. The molecular formula is C12H14N2O5S. The summed E-state index contributed by atoms with van der Waals surface area (Å²) in [5.41, 5.74) is 1.48. The summed E-state index contributed by atoms with van der Waals surface area (Å²) in [5, 5.41) is 2.08. The van der Waals surface area contributed by atoms with E-state index in [1.54, 1.807) is 29.0 Å². The molecule has 0 saturated heterocycles. The fourth-order valence-corrected chi connectivity index (χ4v) is 2.14. The van der Waals surface area contributed by atoms with Crippen molar-refractivity contribution in [3.63, 3.8) is 0 Å². The number of methoxy groups -OCH3 is 1. The van der Waals surface area contributed by atoms with E-state index in [2.05, 4.69) is 9.02 Å². The lowest BCUT2D eigenvalue weighted by Gasteiger charge is -2.15. The van der Waals surface area contributed by atoms with Gasteiger partial charge in [-0.15, -0.1) is 4.28 Å². The van der Waals surface area contributed by atoms with Crippen LogP contribution in [0.2, 0.25) is 0 Å². The molecule has 0 spiro atoms. The molecule has 8 heteroatoms. The first-order valence-electron chi connectivity index (χ1n) is 5.70. The molecule has 108 valence electrons. The van der Waals surface area contributed by atoms with Crippen LogP contribution in [0.25, 0.3) is 10.9 Å². The van der Waals surface area contributed by atoms with Gasteiger partial charge in [0.2, 0.25) is 0 Å². The van der Waals surface area contributed by atoms with Crippen molar-refractivity contribution in [3.8, 4) is 0 Å². The third-order valence-corrected chi connectivity index (χ3v) is 3.17. The number of ether oxygens (including phenoxy) is 1. The van der Waals surface area contributed by atoms with Crippen LogP contribution in [0.5, 0.6) is 0 Å². The average Bonchev–Trinajstić information content (AvgIpc) is 2.80. The number of hydrogen-bond acceptors (Lipinski definition) is 5. The van der Waals surface area contributed by atoms with Crippen molar-refractivity contribution >= 4 is 33.9 Å². The van der Waals surface area contributed by atoms with E-state index in [1.165, 1.54) is 19.2 Å². The molecule has 0 aliphatic heterocycles. The summed E-state index contributed by atoms with van der Waals surface area (Å²) < 4.78 is 30.3.